The van der Waals surface area contributed by atoms with E-state index in [0.717, 1.165) is 19.5 Å². The molecule has 0 spiro atoms. The lowest BCUT2D eigenvalue weighted by Crippen LogP contribution is -2.17. The van der Waals surface area contributed by atoms with Crippen molar-refractivity contribution in [1.82, 2.24) is 9.88 Å². The fourth-order valence-corrected chi connectivity index (χ4v) is 1.28. The molecule has 0 aliphatic heterocycles. The molecule has 1 aromatic heterocycles. The second-order valence-corrected chi connectivity index (χ2v) is 3.34. The van der Waals surface area contributed by atoms with E-state index in [1.54, 1.807) is 4.57 Å². The van der Waals surface area contributed by atoms with Crippen LogP contribution in [0.1, 0.15) is 18.9 Å². The number of amides is 1. The highest BCUT2D eigenvalue weighted by atomic mass is 16.1. The summed E-state index contributed by atoms with van der Waals surface area (Å²) in [5.74, 6) is -0.311. The Bertz CT molecular complexity index is 293. The number of hydrogen-bond donors (Lipinski definition) is 2. The van der Waals surface area contributed by atoms with E-state index in [4.69, 9.17) is 5.73 Å². The van der Waals surface area contributed by atoms with Crippen LogP contribution in [-0.4, -0.2) is 17.0 Å². The second-order valence-electron chi connectivity index (χ2n) is 3.34. The number of nitrogens with zero attached hydrogens (tertiary/aromatic N) is 1. The smallest absolute Gasteiger partial charge is 0.237 e. The molecule has 0 bridgehead atoms. The molecule has 0 atom stereocenters. The summed E-state index contributed by atoms with van der Waals surface area (Å²) in [5.41, 5.74) is 6.26. The summed E-state index contributed by atoms with van der Waals surface area (Å²) in [6, 6.07) is 1.99. The van der Waals surface area contributed by atoms with Crippen LogP contribution >= 0.6 is 0 Å². The first-order valence-corrected chi connectivity index (χ1v) is 4.86. The van der Waals surface area contributed by atoms with Crippen molar-refractivity contribution in [1.29, 1.82) is 0 Å². The van der Waals surface area contributed by atoms with E-state index >= 15 is 0 Å². The molecule has 3 N–H and O–H groups in total. The standard InChI is InChI=1S/C10H17N3O/c1-2-4-12-6-9-3-5-13(7-9)8-10(11)14/h3,5,7,12H,2,4,6,8H2,1H3,(H2,11,14). The van der Waals surface area contributed by atoms with E-state index < -0.39 is 0 Å². The Kier molecular flexibility index (Phi) is 4.19. The van der Waals surface area contributed by atoms with E-state index in [1.165, 1.54) is 5.56 Å². The highest BCUT2D eigenvalue weighted by molar-refractivity contribution is 5.73. The molecule has 1 amide bonds. The lowest BCUT2D eigenvalue weighted by Gasteiger charge is -2.00. The van der Waals surface area contributed by atoms with Crippen LogP contribution in [0.25, 0.3) is 0 Å². The summed E-state index contributed by atoms with van der Waals surface area (Å²) >= 11 is 0. The number of primary amides is 1. The average molecular weight is 195 g/mol. The number of aromatic nitrogens is 1. The SMILES string of the molecule is CCCNCc1ccn(CC(N)=O)c1. The fraction of sp³-hybridized carbons (Fsp3) is 0.500. The Hall–Kier alpha value is -1.29. The molecule has 14 heavy (non-hydrogen) atoms. The maximum Gasteiger partial charge on any atom is 0.237 e. The van der Waals surface area contributed by atoms with Gasteiger partial charge in [-0.25, -0.2) is 0 Å². The summed E-state index contributed by atoms with van der Waals surface area (Å²) in [7, 11) is 0. The predicted molar refractivity (Wildman–Crippen MR) is 55.6 cm³/mol. The average Bonchev–Trinajstić information content (AvgIpc) is 2.52. The van der Waals surface area contributed by atoms with Crippen molar-refractivity contribution in [3.05, 3.63) is 24.0 Å². The zero-order valence-corrected chi connectivity index (χ0v) is 8.49. The zero-order valence-electron chi connectivity index (χ0n) is 8.49. The number of nitrogens with one attached hydrogen (secondary N) is 1. The first kappa shape index (κ1) is 10.8. The van der Waals surface area contributed by atoms with Gasteiger partial charge in [0.1, 0.15) is 6.54 Å². The van der Waals surface area contributed by atoms with Gasteiger partial charge in [-0.3, -0.25) is 4.79 Å². The fourth-order valence-electron chi connectivity index (χ4n) is 1.28. The third-order valence-corrected chi connectivity index (χ3v) is 1.91. The molecule has 0 aliphatic rings. The van der Waals surface area contributed by atoms with Gasteiger partial charge < -0.3 is 15.6 Å². The van der Waals surface area contributed by atoms with Crippen molar-refractivity contribution in [2.24, 2.45) is 5.73 Å². The van der Waals surface area contributed by atoms with Gasteiger partial charge in [-0.2, -0.15) is 0 Å². The van der Waals surface area contributed by atoms with Crippen LogP contribution in [0.4, 0.5) is 0 Å². The van der Waals surface area contributed by atoms with Gasteiger partial charge in [0, 0.05) is 18.9 Å². The number of nitrogens with two attached hydrogens (primary N) is 1. The molecule has 4 heteroatoms. The van der Waals surface area contributed by atoms with Crippen LogP contribution in [0.15, 0.2) is 18.5 Å². The topological polar surface area (TPSA) is 60.1 Å². The Balaban J connectivity index is 2.38. The third-order valence-electron chi connectivity index (χ3n) is 1.91. The van der Waals surface area contributed by atoms with E-state index in [9.17, 15) is 4.79 Å². The summed E-state index contributed by atoms with van der Waals surface area (Å²) < 4.78 is 1.80. The molecule has 1 aromatic rings. The molecule has 78 valence electrons. The van der Waals surface area contributed by atoms with Crippen LogP contribution in [0.2, 0.25) is 0 Å². The van der Waals surface area contributed by atoms with E-state index in [0.29, 0.717) is 0 Å². The van der Waals surface area contributed by atoms with Crippen molar-refractivity contribution in [2.75, 3.05) is 6.54 Å². The Morgan fingerprint density at radius 2 is 2.43 bits per heavy atom. The van der Waals surface area contributed by atoms with Crippen molar-refractivity contribution < 1.29 is 4.79 Å². The molecule has 0 saturated carbocycles. The summed E-state index contributed by atoms with van der Waals surface area (Å²) in [5, 5.41) is 3.29. The number of carbonyl (C=O) groups is 1. The monoisotopic (exact) mass is 195 g/mol. The van der Waals surface area contributed by atoms with Crippen molar-refractivity contribution in [3.8, 4) is 0 Å². The molecule has 4 nitrogen and oxygen atoms in total. The van der Waals surface area contributed by atoms with Crippen LogP contribution in [0, 0.1) is 0 Å². The molecule has 0 saturated heterocycles. The highest BCUT2D eigenvalue weighted by Crippen LogP contribution is 2.00. The number of carbonyl (C=O) groups excluding carboxylic acids is 1. The molecule has 0 radical (unpaired) electrons. The first-order chi connectivity index (χ1) is 6.72. The molecule has 0 unspecified atom stereocenters. The maximum absolute atomic E-state index is 10.6. The van der Waals surface area contributed by atoms with E-state index in [2.05, 4.69) is 12.2 Å². The van der Waals surface area contributed by atoms with Crippen LogP contribution in [-0.2, 0) is 17.9 Å². The zero-order chi connectivity index (χ0) is 10.4. The minimum atomic E-state index is -0.311. The summed E-state index contributed by atoms with van der Waals surface area (Å²) in [6.45, 7) is 4.25. The summed E-state index contributed by atoms with van der Waals surface area (Å²) in [6.07, 6.45) is 4.93. The highest BCUT2D eigenvalue weighted by Gasteiger charge is 1.98. The lowest BCUT2D eigenvalue weighted by atomic mass is 10.3. The number of hydrogen-bond acceptors (Lipinski definition) is 2. The normalized spacial score (nSPS) is 10.4. The second kappa shape index (κ2) is 5.44. The quantitative estimate of drug-likeness (QED) is 0.648. The molecule has 1 rings (SSSR count). The minimum Gasteiger partial charge on any atom is -0.368 e. The van der Waals surface area contributed by atoms with Gasteiger partial charge in [0.25, 0.3) is 0 Å². The molecule has 1 heterocycles. The minimum absolute atomic E-state index is 0.258. The van der Waals surface area contributed by atoms with Gasteiger partial charge in [-0.15, -0.1) is 0 Å². The van der Waals surface area contributed by atoms with Crippen molar-refractivity contribution >= 4 is 5.91 Å². The van der Waals surface area contributed by atoms with Crippen LogP contribution in [0.3, 0.4) is 0 Å². The molecular weight excluding hydrogens is 178 g/mol. The van der Waals surface area contributed by atoms with Crippen LogP contribution in [0.5, 0.6) is 0 Å². The van der Waals surface area contributed by atoms with Crippen LogP contribution < -0.4 is 11.1 Å². The van der Waals surface area contributed by atoms with Gasteiger partial charge in [0.15, 0.2) is 0 Å². The largest absolute Gasteiger partial charge is 0.368 e. The molecule has 0 aliphatic carbocycles. The Morgan fingerprint density at radius 1 is 1.64 bits per heavy atom. The molecule has 0 aromatic carbocycles. The Morgan fingerprint density at radius 3 is 3.07 bits per heavy atom. The maximum atomic E-state index is 10.6. The molecular formula is C10H17N3O. The predicted octanol–water partition coefficient (Wildman–Crippen LogP) is 0.473. The van der Waals surface area contributed by atoms with E-state index in [1.807, 2.05) is 18.5 Å². The van der Waals surface area contributed by atoms with Crippen molar-refractivity contribution in [2.45, 2.75) is 26.4 Å². The van der Waals surface area contributed by atoms with Gasteiger partial charge >= 0.3 is 0 Å². The first-order valence-electron chi connectivity index (χ1n) is 4.86. The third kappa shape index (κ3) is 3.62. The van der Waals surface area contributed by atoms with Gasteiger partial charge in [-0.1, -0.05) is 6.92 Å². The Labute approximate surface area is 84.1 Å². The summed E-state index contributed by atoms with van der Waals surface area (Å²) in [4.78, 5) is 10.6. The van der Waals surface area contributed by atoms with E-state index in [-0.39, 0.29) is 12.5 Å². The molecule has 0 fully saturated rings. The number of rotatable bonds is 6. The van der Waals surface area contributed by atoms with Gasteiger partial charge in [0.05, 0.1) is 0 Å². The van der Waals surface area contributed by atoms with Crippen molar-refractivity contribution in [3.63, 3.8) is 0 Å². The van der Waals surface area contributed by atoms with Gasteiger partial charge in [-0.05, 0) is 24.6 Å². The lowest BCUT2D eigenvalue weighted by molar-refractivity contribution is -0.118. The van der Waals surface area contributed by atoms with Gasteiger partial charge in [0.2, 0.25) is 5.91 Å².